The molecular weight excluding hydrogens is 276 g/mol. The molecule has 2 aromatic heterocycles. The fraction of sp³-hybridized carbons (Fsp3) is 0.308. The first-order valence-electron chi connectivity index (χ1n) is 6.39. The first-order chi connectivity index (χ1) is 9.72. The van der Waals surface area contributed by atoms with Crippen molar-refractivity contribution in [2.24, 2.45) is 0 Å². The zero-order valence-corrected chi connectivity index (χ0v) is 11.8. The van der Waals surface area contributed by atoms with Crippen molar-refractivity contribution >= 4 is 34.5 Å². The van der Waals surface area contributed by atoms with Crippen molar-refractivity contribution in [1.29, 1.82) is 0 Å². The van der Waals surface area contributed by atoms with Gasteiger partial charge in [-0.25, -0.2) is 0 Å². The van der Waals surface area contributed by atoms with E-state index in [0.29, 0.717) is 5.16 Å². The van der Waals surface area contributed by atoms with Gasteiger partial charge in [0, 0.05) is 6.54 Å². The second-order valence-corrected chi connectivity index (χ2v) is 5.38. The van der Waals surface area contributed by atoms with Crippen LogP contribution in [0.25, 0.3) is 16.8 Å². The van der Waals surface area contributed by atoms with Crippen LogP contribution in [0.4, 0.5) is 0 Å². The number of carbonyl (C=O) groups is 1. The second kappa shape index (κ2) is 5.16. The molecule has 0 amide bonds. The summed E-state index contributed by atoms with van der Waals surface area (Å²) in [7, 11) is 0. The summed E-state index contributed by atoms with van der Waals surface area (Å²) in [6, 6.07) is 8.00. The van der Waals surface area contributed by atoms with E-state index in [1.165, 1.54) is 11.8 Å². The highest BCUT2D eigenvalue weighted by molar-refractivity contribution is 7.99. The van der Waals surface area contributed by atoms with E-state index in [1.54, 1.807) is 0 Å². The predicted molar refractivity (Wildman–Crippen MR) is 77.1 cm³/mol. The van der Waals surface area contributed by atoms with Crippen LogP contribution in [0.2, 0.25) is 0 Å². The Morgan fingerprint density at radius 3 is 2.75 bits per heavy atom. The summed E-state index contributed by atoms with van der Waals surface area (Å²) < 4.78 is 4.05. The first kappa shape index (κ1) is 13.0. The molecule has 0 aliphatic rings. The van der Waals surface area contributed by atoms with Crippen LogP contribution in [-0.2, 0) is 11.3 Å². The molecule has 0 atom stereocenters. The van der Waals surface area contributed by atoms with Crippen molar-refractivity contribution in [3.05, 3.63) is 24.3 Å². The molecule has 0 fully saturated rings. The van der Waals surface area contributed by atoms with Gasteiger partial charge in [0.1, 0.15) is 0 Å². The van der Waals surface area contributed by atoms with Gasteiger partial charge in [-0.05, 0) is 18.6 Å². The van der Waals surface area contributed by atoms with Gasteiger partial charge in [0.15, 0.2) is 5.16 Å². The number of nitrogens with zero attached hydrogens (tertiary/aromatic N) is 4. The number of hydrogen-bond acceptors (Lipinski definition) is 4. The Morgan fingerprint density at radius 1 is 1.30 bits per heavy atom. The van der Waals surface area contributed by atoms with Crippen LogP contribution < -0.4 is 0 Å². The molecule has 2 heterocycles. The lowest BCUT2D eigenvalue weighted by molar-refractivity contribution is -0.133. The van der Waals surface area contributed by atoms with Crippen molar-refractivity contribution in [2.75, 3.05) is 5.75 Å². The Labute approximate surface area is 119 Å². The van der Waals surface area contributed by atoms with E-state index < -0.39 is 5.97 Å². The summed E-state index contributed by atoms with van der Waals surface area (Å²) in [5.74, 6) is -0.112. The molecule has 0 bridgehead atoms. The molecule has 0 aliphatic carbocycles. The van der Waals surface area contributed by atoms with Crippen LogP contribution in [-0.4, -0.2) is 36.0 Å². The quantitative estimate of drug-likeness (QED) is 0.730. The van der Waals surface area contributed by atoms with E-state index in [2.05, 4.69) is 21.7 Å². The highest BCUT2D eigenvalue weighted by Gasteiger charge is 2.16. The van der Waals surface area contributed by atoms with E-state index in [-0.39, 0.29) is 5.75 Å². The molecule has 20 heavy (non-hydrogen) atoms. The fourth-order valence-corrected chi connectivity index (χ4v) is 2.96. The smallest absolute Gasteiger partial charge is 0.313 e. The summed E-state index contributed by atoms with van der Waals surface area (Å²) in [4.78, 5) is 10.7. The van der Waals surface area contributed by atoms with Crippen LogP contribution in [0.15, 0.2) is 29.4 Å². The fourth-order valence-electron chi connectivity index (χ4n) is 2.30. The third kappa shape index (κ3) is 2.03. The Hall–Kier alpha value is -2.02. The lowest BCUT2D eigenvalue weighted by Gasteiger charge is -2.00. The molecule has 0 radical (unpaired) electrons. The van der Waals surface area contributed by atoms with Crippen LogP contribution in [0.1, 0.15) is 13.3 Å². The van der Waals surface area contributed by atoms with E-state index in [9.17, 15) is 4.79 Å². The first-order valence-corrected chi connectivity index (χ1v) is 7.38. The third-order valence-corrected chi connectivity index (χ3v) is 3.96. The summed E-state index contributed by atoms with van der Waals surface area (Å²) in [6.45, 7) is 2.97. The number of fused-ring (bicyclic) bond motifs is 3. The van der Waals surface area contributed by atoms with E-state index in [0.717, 1.165) is 29.8 Å². The van der Waals surface area contributed by atoms with Crippen molar-refractivity contribution < 1.29 is 9.90 Å². The number of para-hydroxylation sites is 2. The number of aromatic nitrogens is 4. The van der Waals surface area contributed by atoms with Crippen LogP contribution in [0.5, 0.6) is 0 Å². The van der Waals surface area contributed by atoms with Crippen LogP contribution in [0, 0.1) is 0 Å². The third-order valence-electron chi connectivity index (χ3n) is 3.04. The van der Waals surface area contributed by atoms with Gasteiger partial charge in [-0.2, -0.15) is 0 Å². The predicted octanol–water partition coefficient (Wildman–Crippen LogP) is 2.27. The minimum Gasteiger partial charge on any atom is -0.481 e. The molecule has 104 valence electrons. The minimum atomic E-state index is -0.857. The van der Waals surface area contributed by atoms with Gasteiger partial charge in [-0.1, -0.05) is 30.8 Å². The maximum Gasteiger partial charge on any atom is 0.313 e. The number of carboxylic acids is 1. The Kier molecular flexibility index (Phi) is 3.35. The highest BCUT2D eigenvalue weighted by Crippen LogP contribution is 2.25. The van der Waals surface area contributed by atoms with Gasteiger partial charge in [-0.15, -0.1) is 10.2 Å². The molecule has 3 aromatic rings. The minimum absolute atomic E-state index is 0.0198. The van der Waals surface area contributed by atoms with E-state index >= 15 is 0 Å². The number of thioether (sulfide) groups is 1. The largest absolute Gasteiger partial charge is 0.481 e. The van der Waals surface area contributed by atoms with E-state index in [1.807, 2.05) is 28.7 Å². The Morgan fingerprint density at radius 2 is 2.05 bits per heavy atom. The SMILES string of the molecule is CCCn1c2ccccc2n2c(SCC(=O)O)nnc12. The van der Waals surface area contributed by atoms with Gasteiger partial charge in [-0.3, -0.25) is 9.20 Å². The molecule has 1 aromatic carbocycles. The van der Waals surface area contributed by atoms with Crippen molar-refractivity contribution in [3.63, 3.8) is 0 Å². The summed E-state index contributed by atoms with van der Waals surface area (Å²) in [6.07, 6.45) is 0.999. The highest BCUT2D eigenvalue weighted by atomic mass is 32.2. The van der Waals surface area contributed by atoms with Gasteiger partial charge in [0.05, 0.1) is 16.8 Å². The molecule has 0 unspecified atom stereocenters. The molecular formula is C13H14N4O2S. The summed E-state index contributed by atoms with van der Waals surface area (Å²) in [5, 5.41) is 17.7. The number of aryl methyl sites for hydroxylation is 1. The van der Waals surface area contributed by atoms with E-state index in [4.69, 9.17) is 5.11 Å². The van der Waals surface area contributed by atoms with Gasteiger partial charge in [0.25, 0.3) is 0 Å². The monoisotopic (exact) mass is 290 g/mol. The summed E-state index contributed by atoms with van der Waals surface area (Å²) in [5.41, 5.74) is 2.10. The Balaban J connectivity index is 2.20. The molecule has 0 spiro atoms. The van der Waals surface area contributed by atoms with Crippen molar-refractivity contribution in [3.8, 4) is 0 Å². The average molecular weight is 290 g/mol. The number of rotatable bonds is 5. The molecule has 3 rings (SSSR count). The lowest BCUT2D eigenvalue weighted by Crippen LogP contribution is -1.99. The maximum absolute atomic E-state index is 10.7. The molecule has 6 nitrogen and oxygen atoms in total. The van der Waals surface area contributed by atoms with Crippen LogP contribution >= 0.6 is 11.8 Å². The van der Waals surface area contributed by atoms with Crippen molar-refractivity contribution in [2.45, 2.75) is 25.0 Å². The van der Waals surface area contributed by atoms with Crippen molar-refractivity contribution in [1.82, 2.24) is 19.2 Å². The lowest BCUT2D eigenvalue weighted by atomic mass is 10.3. The number of aliphatic carboxylic acids is 1. The molecule has 0 aliphatic heterocycles. The van der Waals surface area contributed by atoms with Gasteiger partial charge < -0.3 is 9.67 Å². The van der Waals surface area contributed by atoms with Gasteiger partial charge in [0.2, 0.25) is 5.78 Å². The second-order valence-electron chi connectivity index (χ2n) is 4.44. The molecule has 7 heteroatoms. The molecule has 0 saturated heterocycles. The summed E-state index contributed by atoms with van der Waals surface area (Å²) >= 11 is 1.19. The molecule has 1 N–H and O–H groups in total. The number of carboxylic acid groups (broad SMARTS) is 1. The molecule has 0 saturated carbocycles. The number of hydrogen-bond donors (Lipinski definition) is 1. The number of imidazole rings is 1. The topological polar surface area (TPSA) is 72.4 Å². The normalized spacial score (nSPS) is 11.4. The Bertz CT molecular complexity index is 777. The van der Waals surface area contributed by atoms with Gasteiger partial charge >= 0.3 is 5.97 Å². The van der Waals surface area contributed by atoms with Crippen LogP contribution in [0.3, 0.4) is 0 Å². The zero-order valence-electron chi connectivity index (χ0n) is 11.0. The standard InChI is InChI=1S/C13H14N4O2S/c1-2-7-16-9-5-3-4-6-10(9)17-12(16)14-15-13(17)20-8-11(18)19/h3-6H,2,7-8H2,1H3,(H,18,19). The average Bonchev–Trinajstić information content (AvgIpc) is 2.97. The number of benzene rings is 1. The maximum atomic E-state index is 10.7. The zero-order chi connectivity index (χ0) is 14.1.